The molecule has 2 aromatic carbocycles. The fourth-order valence-corrected chi connectivity index (χ4v) is 3.42. The van der Waals surface area contributed by atoms with Crippen molar-refractivity contribution < 1.29 is 14.3 Å². The Balaban J connectivity index is 1.49. The summed E-state index contributed by atoms with van der Waals surface area (Å²) in [6.07, 6.45) is 2.96. The van der Waals surface area contributed by atoms with E-state index in [0.29, 0.717) is 12.1 Å². The van der Waals surface area contributed by atoms with E-state index in [1.54, 1.807) is 18.2 Å². The first kappa shape index (κ1) is 20.9. The van der Waals surface area contributed by atoms with Crippen LogP contribution in [-0.4, -0.2) is 37.6 Å². The maximum Gasteiger partial charge on any atom is 0.251 e. The van der Waals surface area contributed by atoms with Crippen LogP contribution >= 0.6 is 0 Å². The normalized spacial score (nSPS) is 16.8. The Labute approximate surface area is 172 Å². The van der Waals surface area contributed by atoms with E-state index >= 15 is 0 Å². The quantitative estimate of drug-likeness (QED) is 0.609. The largest absolute Gasteiger partial charge is 0.376 e. The molecule has 2 aromatic rings. The lowest BCUT2D eigenvalue weighted by Crippen LogP contribution is -2.33. The number of nitrogens with one attached hydrogen (secondary N) is 3. The Morgan fingerprint density at radius 1 is 1.14 bits per heavy atom. The van der Waals surface area contributed by atoms with E-state index in [1.807, 2.05) is 43.3 Å². The van der Waals surface area contributed by atoms with Gasteiger partial charge in [0.05, 0.1) is 18.7 Å². The fourth-order valence-electron chi connectivity index (χ4n) is 3.42. The number of carbonyl (C=O) groups excluding carboxylic acids is 2. The van der Waals surface area contributed by atoms with Crippen LogP contribution in [0.2, 0.25) is 0 Å². The number of anilines is 1. The summed E-state index contributed by atoms with van der Waals surface area (Å²) in [6, 6.07) is 17.1. The lowest BCUT2D eigenvalue weighted by atomic mass is 10.0. The molecule has 2 atom stereocenters. The standard InChI is InChI=1S/C23H29N3O3/c1-2-21(17-8-4-3-5-9-17)26-22(27)16-24-19-11-6-10-18(14-19)23(28)25-15-20-12-7-13-29-20/h3-6,8-11,14,20-21,24H,2,7,12-13,15-16H2,1H3,(H,25,28)(H,26,27). The number of benzene rings is 2. The molecular weight excluding hydrogens is 366 g/mol. The molecule has 1 fully saturated rings. The predicted octanol–water partition coefficient (Wildman–Crippen LogP) is 3.27. The smallest absolute Gasteiger partial charge is 0.251 e. The van der Waals surface area contributed by atoms with E-state index in [9.17, 15) is 9.59 Å². The molecule has 2 amide bonds. The first-order chi connectivity index (χ1) is 14.2. The fraction of sp³-hybridized carbons (Fsp3) is 0.391. The molecular formula is C23H29N3O3. The first-order valence-electron chi connectivity index (χ1n) is 10.2. The highest BCUT2D eigenvalue weighted by atomic mass is 16.5. The van der Waals surface area contributed by atoms with Crippen LogP contribution in [0.25, 0.3) is 0 Å². The third kappa shape index (κ3) is 6.32. The zero-order valence-electron chi connectivity index (χ0n) is 16.8. The number of carbonyl (C=O) groups is 2. The highest BCUT2D eigenvalue weighted by Crippen LogP contribution is 2.16. The van der Waals surface area contributed by atoms with Crippen LogP contribution < -0.4 is 16.0 Å². The summed E-state index contributed by atoms with van der Waals surface area (Å²) in [5.74, 6) is -0.224. The van der Waals surface area contributed by atoms with Crippen molar-refractivity contribution in [3.8, 4) is 0 Å². The van der Waals surface area contributed by atoms with Crippen LogP contribution in [0.4, 0.5) is 5.69 Å². The SMILES string of the molecule is CCC(NC(=O)CNc1cccc(C(=O)NCC2CCCO2)c1)c1ccccc1. The summed E-state index contributed by atoms with van der Waals surface area (Å²) in [4.78, 5) is 24.7. The van der Waals surface area contributed by atoms with Gasteiger partial charge in [-0.1, -0.05) is 43.3 Å². The molecule has 1 heterocycles. The third-order valence-electron chi connectivity index (χ3n) is 5.04. The molecule has 3 rings (SSSR count). The summed E-state index contributed by atoms with van der Waals surface area (Å²) < 4.78 is 5.53. The highest BCUT2D eigenvalue weighted by molar-refractivity contribution is 5.95. The maximum absolute atomic E-state index is 12.4. The molecule has 0 aromatic heterocycles. The molecule has 0 saturated carbocycles. The van der Waals surface area contributed by atoms with Gasteiger partial charge in [0.2, 0.25) is 5.91 Å². The summed E-state index contributed by atoms with van der Waals surface area (Å²) >= 11 is 0. The van der Waals surface area contributed by atoms with Gasteiger partial charge in [0.15, 0.2) is 0 Å². The third-order valence-corrected chi connectivity index (χ3v) is 5.04. The molecule has 1 aliphatic rings. The molecule has 154 valence electrons. The van der Waals surface area contributed by atoms with E-state index in [4.69, 9.17) is 4.74 Å². The summed E-state index contributed by atoms with van der Waals surface area (Å²) in [6.45, 7) is 3.48. The van der Waals surface area contributed by atoms with Gasteiger partial charge in [0.1, 0.15) is 0 Å². The van der Waals surface area contributed by atoms with Crippen molar-refractivity contribution in [2.24, 2.45) is 0 Å². The van der Waals surface area contributed by atoms with Crippen LogP contribution in [0, 0.1) is 0 Å². The molecule has 29 heavy (non-hydrogen) atoms. The Bertz CT molecular complexity index is 804. The number of hydrogen-bond acceptors (Lipinski definition) is 4. The number of amides is 2. The van der Waals surface area contributed by atoms with Gasteiger partial charge >= 0.3 is 0 Å². The average molecular weight is 396 g/mol. The average Bonchev–Trinajstić information content (AvgIpc) is 3.29. The summed E-state index contributed by atoms with van der Waals surface area (Å²) in [5.41, 5.74) is 2.38. The topological polar surface area (TPSA) is 79.5 Å². The van der Waals surface area contributed by atoms with Gasteiger partial charge in [-0.25, -0.2) is 0 Å². The molecule has 1 saturated heterocycles. The summed E-state index contributed by atoms with van der Waals surface area (Å²) in [7, 11) is 0. The molecule has 1 aliphatic heterocycles. The minimum Gasteiger partial charge on any atom is -0.376 e. The van der Waals surface area contributed by atoms with Gasteiger partial charge < -0.3 is 20.7 Å². The van der Waals surface area contributed by atoms with E-state index in [1.165, 1.54) is 0 Å². The second-order valence-corrected chi connectivity index (χ2v) is 7.22. The molecule has 6 heteroatoms. The van der Waals surface area contributed by atoms with E-state index in [2.05, 4.69) is 16.0 Å². The molecule has 6 nitrogen and oxygen atoms in total. The molecule has 0 aliphatic carbocycles. The van der Waals surface area contributed by atoms with Gasteiger partial charge in [-0.15, -0.1) is 0 Å². The van der Waals surface area contributed by atoms with E-state index in [0.717, 1.165) is 37.1 Å². The minimum absolute atomic E-state index is 0.0135. The van der Waals surface area contributed by atoms with Crippen molar-refractivity contribution in [2.75, 3.05) is 25.0 Å². The van der Waals surface area contributed by atoms with Gasteiger partial charge in [0, 0.05) is 24.4 Å². The molecule has 2 unspecified atom stereocenters. The zero-order valence-corrected chi connectivity index (χ0v) is 16.8. The predicted molar refractivity (Wildman–Crippen MR) is 114 cm³/mol. The lowest BCUT2D eigenvalue weighted by molar-refractivity contribution is -0.120. The Kier molecular flexibility index (Phi) is 7.64. The van der Waals surface area contributed by atoms with Crippen molar-refractivity contribution in [2.45, 2.75) is 38.3 Å². The molecule has 3 N–H and O–H groups in total. The van der Waals surface area contributed by atoms with Gasteiger partial charge in [-0.05, 0) is 43.0 Å². The number of ether oxygens (including phenoxy) is 1. The van der Waals surface area contributed by atoms with Crippen molar-refractivity contribution in [3.63, 3.8) is 0 Å². The van der Waals surface area contributed by atoms with Crippen LogP contribution in [0.3, 0.4) is 0 Å². The zero-order chi connectivity index (χ0) is 20.5. The molecule has 0 spiro atoms. The Morgan fingerprint density at radius 3 is 2.69 bits per heavy atom. The Hall–Kier alpha value is -2.86. The van der Waals surface area contributed by atoms with Crippen LogP contribution in [0.1, 0.15) is 48.1 Å². The maximum atomic E-state index is 12.4. The second-order valence-electron chi connectivity index (χ2n) is 7.22. The van der Waals surface area contributed by atoms with Crippen molar-refractivity contribution in [1.29, 1.82) is 0 Å². The van der Waals surface area contributed by atoms with Gasteiger partial charge in [-0.2, -0.15) is 0 Å². The number of hydrogen-bond donors (Lipinski definition) is 3. The van der Waals surface area contributed by atoms with Crippen molar-refractivity contribution in [1.82, 2.24) is 10.6 Å². The monoisotopic (exact) mass is 395 g/mol. The van der Waals surface area contributed by atoms with Gasteiger partial charge in [-0.3, -0.25) is 9.59 Å². The summed E-state index contributed by atoms with van der Waals surface area (Å²) in [5, 5.41) is 9.06. The highest BCUT2D eigenvalue weighted by Gasteiger charge is 2.17. The van der Waals surface area contributed by atoms with Crippen LogP contribution in [0.15, 0.2) is 54.6 Å². The van der Waals surface area contributed by atoms with Crippen LogP contribution in [0.5, 0.6) is 0 Å². The lowest BCUT2D eigenvalue weighted by Gasteiger charge is -2.18. The second kappa shape index (κ2) is 10.6. The van der Waals surface area contributed by atoms with E-state index in [-0.39, 0.29) is 30.5 Å². The Morgan fingerprint density at radius 2 is 1.97 bits per heavy atom. The van der Waals surface area contributed by atoms with E-state index < -0.39 is 0 Å². The van der Waals surface area contributed by atoms with Crippen LogP contribution in [-0.2, 0) is 9.53 Å². The van der Waals surface area contributed by atoms with Crippen molar-refractivity contribution >= 4 is 17.5 Å². The number of rotatable bonds is 9. The molecule has 0 bridgehead atoms. The van der Waals surface area contributed by atoms with Crippen molar-refractivity contribution in [3.05, 3.63) is 65.7 Å². The van der Waals surface area contributed by atoms with Gasteiger partial charge in [0.25, 0.3) is 5.91 Å². The first-order valence-corrected chi connectivity index (χ1v) is 10.2. The molecule has 0 radical (unpaired) electrons. The minimum atomic E-state index is -0.135.